The van der Waals surface area contributed by atoms with Crippen LogP contribution in [0.5, 0.6) is 0 Å². The van der Waals surface area contributed by atoms with Gasteiger partial charge in [0.1, 0.15) is 11.8 Å². The summed E-state index contributed by atoms with van der Waals surface area (Å²) in [5.74, 6) is -2.32. The number of benzene rings is 2. The summed E-state index contributed by atoms with van der Waals surface area (Å²) in [5.41, 5.74) is 2.03. The Morgan fingerprint density at radius 2 is 1.97 bits per heavy atom. The fraction of sp³-hybridized carbons (Fsp3) is 0.444. The van der Waals surface area contributed by atoms with Crippen molar-refractivity contribution in [3.8, 4) is 0 Å². The van der Waals surface area contributed by atoms with Crippen LogP contribution < -0.4 is 10.6 Å². The number of nitrogens with zero attached hydrogens (tertiary/aromatic N) is 2. The van der Waals surface area contributed by atoms with E-state index in [0.29, 0.717) is 35.5 Å². The van der Waals surface area contributed by atoms with Crippen molar-refractivity contribution in [1.29, 1.82) is 0 Å². The molecule has 2 saturated heterocycles. The van der Waals surface area contributed by atoms with Crippen LogP contribution in [0.15, 0.2) is 36.4 Å². The van der Waals surface area contributed by atoms with Crippen molar-refractivity contribution in [2.45, 2.75) is 64.5 Å². The molecule has 0 spiro atoms. The van der Waals surface area contributed by atoms with Gasteiger partial charge in [-0.15, -0.1) is 0 Å². The summed E-state index contributed by atoms with van der Waals surface area (Å²) in [6, 6.07) is 7.48. The number of piperidine rings is 1. The topological polar surface area (TPSA) is 91.0 Å². The predicted octanol–water partition coefficient (Wildman–Crippen LogP) is 2.81. The summed E-state index contributed by atoms with van der Waals surface area (Å²) in [6.07, 6.45) is -0.384. The number of amides is 3. The van der Waals surface area contributed by atoms with Gasteiger partial charge in [-0.25, -0.2) is 4.39 Å². The fourth-order valence-electron chi connectivity index (χ4n) is 4.98. The third kappa shape index (κ3) is 4.99. The molecule has 190 valence electrons. The molecule has 0 bridgehead atoms. The molecule has 3 amide bonds. The summed E-state index contributed by atoms with van der Waals surface area (Å²) in [4.78, 5) is 40.0. The number of carbonyl (C=O) groups excluding carboxylic acids is 3. The van der Waals surface area contributed by atoms with Crippen molar-refractivity contribution in [2.75, 3.05) is 18.4 Å². The summed E-state index contributed by atoms with van der Waals surface area (Å²) >= 11 is 0. The van der Waals surface area contributed by atoms with Crippen molar-refractivity contribution in [3.05, 3.63) is 64.5 Å². The van der Waals surface area contributed by atoms with Crippen LogP contribution in [-0.2, 0) is 33.9 Å². The first-order chi connectivity index (χ1) is 18.4. The lowest BCUT2D eigenvalue weighted by molar-refractivity contribution is -0.136. The van der Waals surface area contributed by atoms with Gasteiger partial charge in [0.15, 0.2) is 0 Å². The molecule has 8 nitrogen and oxygen atoms in total. The first-order valence-corrected chi connectivity index (χ1v) is 12.1. The second-order valence-electron chi connectivity index (χ2n) is 9.48. The van der Waals surface area contributed by atoms with Gasteiger partial charge in [-0.2, -0.15) is 0 Å². The number of hydrogen-bond donors (Lipinski definition) is 2. The standard InChI is InChI=1S/C27H31FN4O4/c1-16-12-31(13-17(2)36-16)14-18-6-7-19(22(28)10-18)11-29-23-5-3-4-20-21(23)15-32(27(20)35)24-8-9-25(33)30-26(24)34/h3-7,10,16-17,24,29H,8-9,11-15H2,1-2H3,(H,30,33,34)/i14D2,24D. The lowest BCUT2D eigenvalue weighted by Crippen LogP contribution is -2.52. The van der Waals surface area contributed by atoms with Crippen LogP contribution in [0.2, 0.25) is 0 Å². The zero-order chi connectivity index (χ0) is 28.1. The van der Waals surface area contributed by atoms with E-state index in [2.05, 4.69) is 10.6 Å². The number of fused-ring (bicyclic) bond motifs is 1. The van der Waals surface area contributed by atoms with Crippen LogP contribution in [0.25, 0.3) is 0 Å². The van der Waals surface area contributed by atoms with E-state index in [4.69, 9.17) is 8.85 Å². The Labute approximate surface area is 214 Å². The maximum Gasteiger partial charge on any atom is 0.255 e. The van der Waals surface area contributed by atoms with Gasteiger partial charge in [-0.3, -0.25) is 24.6 Å². The molecule has 9 heteroatoms. The molecule has 3 unspecified atom stereocenters. The summed E-state index contributed by atoms with van der Waals surface area (Å²) < 4.78 is 46.8. The predicted molar refractivity (Wildman–Crippen MR) is 131 cm³/mol. The number of hydrogen-bond acceptors (Lipinski definition) is 6. The van der Waals surface area contributed by atoms with E-state index >= 15 is 4.39 Å². The number of ether oxygens (including phenoxy) is 1. The highest BCUT2D eigenvalue weighted by molar-refractivity contribution is 6.06. The quantitative estimate of drug-likeness (QED) is 0.597. The largest absolute Gasteiger partial charge is 0.381 e. The molecule has 36 heavy (non-hydrogen) atoms. The molecule has 2 N–H and O–H groups in total. The van der Waals surface area contributed by atoms with Gasteiger partial charge in [-0.05, 0) is 44.0 Å². The van der Waals surface area contributed by atoms with Gasteiger partial charge >= 0.3 is 0 Å². The first-order valence-electron chi connectivity index (χ1n) is 13.6. The van der Waals surface area contributed by atoms with E-state index in [-0.39, 0.29) is 43.7 Å². The second kappa shape index (κ2) is 9.99. The molecular formula is C27H31FN4O4. The summed E-state index contributed by atoms with van der Waals surface area (Å²) in [6.45, 7) is 2.77. The van der Waals surface area contributed by atoms with Crippen molar-refractivity contribution in [3.63, 3.8) is 0 Å². The van der Waals surface area contributed by atoms with Crippen LogP contribution in [0.3, 0.4) is 0 Å². The second-order valence-corrected chi connectivity index (χ2v) is 9.48. The van der Waals surface area contributed by atoms with Gasteiger partial charge in [0.2, 0.25) is 11.8 Å². The Bertz CT molecular complexity index is 1330. The van der Waals surface area contributed by atoms with E-state index < -0.39 is 36.1 Å². The van der Waals surface area contributed by atoms with Gasteiger partial charge in [0.05, 0.1) is 13.6 Å². The third-order valence-electron chi connectivity index (χ3n) is 6.63. The van der Waals surface area contributed by atoms with Crippen LogP contribution in [0.4, 0.5) is 10.1 Å². The minimum atomic E-state index is -1.89. The number of nitrogens with one attached hydrogen (secondary N) is 2. The normalized spacial score (nSPS) is 28.2. The molecule has 2 aromatic rings. The van der Waals surface area contributed by atoms with Gasteiger partial charge in [0.25, 0.3) is 5.91 Å². The summed E-state index contributed by atoms with van der Waals surface area (Å²) in [7, 11) is 0. The average molecular weight is 498 g/mol. The van der Waals surface area contributed by atoms with Crippen LogP contribution in [0.1, 0.15) is 57.8 Å². The van der Waals surface area contributed by atoms with Crippen molar-refractivity contribution < 1.29 is 27.6 Å². The molecule has 0 saturated carbocycles. The molecule has 3 aliphatic heterocycles. The minimum absolute atomic E-state index is 0.000467. The highest BCUT2D eigenvalue weighted by Gasteiger charge is 2.39. The SMILES string of the molecule is [2H]C1(N2Cc3c(NCc4ccc(C([2H])([2H])N5CC(C)OC(C)C5)cc4F)cccc3C2=O)CCC(=O)NC1=O. The number of halogens is 1. The molecule has 0 aliphatic carbocycles. The zero-order valence-corrected chi connectivity index (χ0v) is 20.3. The monoisotopic (exact) mass is 497 g/mol. The first kappa shape index (κ1) is 20.8. The Hall–Kier alpha value is -3.30. The number of rotatable bonds is 6. The highest BCUT2D eigenvalue weighted by atomic mass is 19.1. The highest BCUT2D eigenvalue weighted by Crippen LogP contribution is 2.32. The Morgan fingerprint density at radius 1 is 1.19 bits per heavy atom. The van der Waals surface area contributed by atoms with E-state index in [9.17, 15) is 14.4 Å². The lowest BCUT2D eigenvalue weighted by atomic mass is 10.0. The molecule has 3 heterocycles. The molecule has 3 aliphatic rings. The third-order valence-corrected chi connectivity index (χ3v) is 6.63. The van der Waals surface area contributed by atoms with Gasteiger partial charge in [-0.1, -0.05) is 18.2 Å². The van der Waals surface area contributed by atoms with Crippen LogP contribution >= 0.6 is 0 Å². The number of carbonyl (C=O) groups is 3. The smallest absolute Gasteiger partial charge is 0.255 e. The van der Waals surface area contributed by atoms with Crippen molar-refractivity contribution in [2.24, 2.45) is 0 Å². The number of morpholine rings is 1. The molecule has 2 fully saturated rings. The minimum Gasteiger partial charge on any atom is -0.381 e. The van der Waals surface area contributed by atoms with Crippen molar-refractivity contribution >= 4 is 23.4 Å². The molecule has 3 atom stereocenters. The van der Waals surface area contributed by atoms with Gasteiger partial charge in [0, 0.05) is 64.2 Å². The number of imide groups is 1. The van der Waals surface area contributed by atoms with E-state index in [1.54, 1.807) is 35.2 Å². The lowest BCUT2D eigenvalue weighted by Gasteiger charge is -2.35. The Balaban J connectivity index is 1.31. The Kier molecular flexibility index (Phi) is 5.78. The van der Waals surface area contributed by atoms with Crippen molar-refractivity contribution in [1.82, 2.24) is 15.1 Å². The van der Waals surface area contributed by atoms with E-state index in [1.807, 2.05) is 13.8 Å². The molecular weight excluding hydrogens is 463 g/mol. The van der Waals surface area contributed by atoms with E-state index in [0.717, 1.165) is 4.90 Å². The molecule has 2 aromatic carbocycles. The summed E-state index contributed by atoms with van der Waals surface area (Å²) in [5, 5.41) is 5.30. The fourth-order valence-corrected chi connectivity index (χ4v) is 4.98. The molecule has 0 aromatic heterocycles. The zero-order valence-electron chi connectivity index (χ0n) is 23.3. The number of anilines is 1. The van der Waals surface area contributed by atoms with Crippen LogP contribution in [-0.4, -0.2) is 58.8 Å². The average Bonchev–Trinajstić information content (AvgIpc) is 3.23. The Morgan fingerprint density at radius 3 is 2.69 bits per heavy atom. The maximum absolute atomic E-state index is 15.2. The molecule has 0 radical (unpaired) electrons. The molecule has 5 rings (SSSR count). The van der Waals surface area contributed by atoms with Crippen LogP contribution in [0, 0.1) is 5.82 Å². The van der Waals surface area contributed by atoms with E-state index in [1.165, 1.54) is 6.07 Å². The maximum atomic E-state index is 15.2. The van der Waals surface area contributed by atoms with Gasteiger partial charge < -0.3 is 15.0 Å².